The SMILES string of the molecule is CCC(C)n1c(COc2ccc(Cl)cc2Cl)nc2cc(Cl)ccc21. The Morgan fingerprint density at radius 1 is 1.08 bits per heavy atom. The number of ether oxygens (including phenoxy) is 1. The number of fused-ring (bicyclic) bond motifs is 1. The van der Waals surface area contributed by atoms with E-state index in [0.717, 1.165) is 23.3 Å². The number of hydrogen-bond acceptors (Lipinski definition) is 2. The lowest BCUT2D eigenvalue weighted by atomic mass is 10.2. The van der Waals surface area contributed by atoms with E-state index in [1.165, 1.54) is 0 Å². The molecule has 6 heteroatoms. The monoisotopic (exact) mass is 382 g/mol. The molecule has 0 saturated heterocycles. The molecule has 1 aromatic heterocycles. The topological polar surface area (TPSA) is 27.1 Å². The van der Waals surface area contributed by atoms with E-state index in [0.29, 0.717) is 33.5 Å². The van der Waals surface area contributed by atoms with Crippen molar-refractivity contribution in [1.82, 2.24) is 9.55 Å². The Labute approximate surface area is 156 Å². The molecule has 2 aromatic carbocycles. The maximum atomic E-state index is 6.17. The third kappa shape index (κ3) is 3.49. The van der Waals surface area contributed by atoms with Gasteiger partial charge in [-0.1, -0.05) is 41.7 Å². The van der Waals surface area contributed by atoms with Crippen molar-refractivity contribution in [3.05, 3.63) is 57.3 Å². The van der Waals surface area contributed by atoms with E-state index in [4.69, 9.17) is 39.5 Å². The Bertz CT molecular complexity index is 876. The lowest BCUT2D eigenvalue weighted by Gasteiger charge is -2.16. The number of nitrogens with zero attached hydrogens (tertiary/aromatic N) is 2. The summed E-state index contributed by atoms with van der Waals surface area (Å²) in [5.74, 6) is 1.43. The first-order valence-electron chi connectivity index (χ1n) is 7.73. The maximum absolute atomic E-state index is 6.17. The number of benzene rings is 2. The molecular formula is C18H17Cl3N2O. The molecular weight excluding hydrogens is 367 g/mol. The number of hydrogen-bond donors (Lipinski definition) is 0. The van der Waals surface area contributed by atoms with Gasteiger partial charge in [0.25, 0.3) is 0 Å². The lowest BCUT2D eigenvalue weighted by molar-refractivity contribution is 0.286. The number of rotatable bonds is 5. The average Bonchev–Trinajstić information content (AvgIpc) is 2.90. The second-order valence-electron chi connectivity index (χ2n) is 5.65. The Balaban J connectivity index is 1.95. The molecule has 0 aliphatic heterocycles. The highest BCUT2D eigenvalue weighted by Crippen LogP contribution is 2.30. The maximum Gasteiger partial charge on any atom is 0.148 e. The quantitative estimate of drug-likeness (QED) is 0.499. The van der Waals surface area contributed by atoms with Crippen LogP contribution in [-0.4, -0.2) is 9.55 Å². The van der Waals surface area contributed by atoms with Crippen LogP contribution in [0.3, 0.4) is 0 Å². The van der Waals surface area contributed by atoms with Crippen molar-refractivity contribution in [2.45, 2.75) is 32.9 Å². The molecule has 1 unspecified atom stereocenters. The summed E-state index contributed by atoms with van der Waals surface area (Å²) in [5, 5.41) is 1.73. The molecule has 3 rings (SSSR count). The van der Waals surface area contributed by atoms with Crippen molar-refractivity contribution in [2.24, 2.45) is 0 Å². The van der Waals surface area contributed by atoms with Crippen molar-refractivity contribution in [2.75, 3.05) is 0 Å². The predicted molar refractivity (Wildman–Crippen MR) is 101 cm³/mol. The smallest absolute Gasteiger partial charge is 0.148 e. The van der Waals surface area contributed by atoms with Crippen LogP contribution in [0, 0.1) is 0 Å². The first kappa shape index (κ1) is 17.4. The third-order valence-electron chi connectivity index (χ3n) is 4.01. The Morgan fingerprint density at radius 3 is 2.50 bits per heavy atom. The summed E-state index contributed by atoms with van der Waals surface area (Å²) in [6.45, 7) is 4.62. The van der Waals surface area contributed by atoms with Gasteiger partial charge >= 0.3 is 0 Å². The number of aromatic nitrogens is 2. The molecule has 0 aliphatic carbocycles. The highest BCUT2D eigenvalue weighted by atomic mass is 35.5. The molecule has 0 radical (unpaired) electrons. The van der Waals surface area contributed by atoms with Crippen LogP contribution in [0.2, 0.25) is 15.1 Å². The van der Waals surface area contributed by atoms with Crippen molar-refractivity contribution < 1.29 is 4.74 Å². The first-order valence-corrected chi connectivity index (χ1v) is 8.87. The molecule has 0 N–H and O–H groups in total. The van der Waals surface area contributed by atoms with Crippen molar-refractivity contribution in [3.8, 4) is 5.75 Å². The van der Waals surface area contributed by atoms with Crippen LogP contribution >= 0.6 is 34.8 Å². The zero-order valence-electron chi connectivity index (χ0n) is 13.4. The van der Waals surface area contributed by atoms with E-state index in [1.54, 1.807) is 18.2 Å². The standard InChI is InChI=1S/C18H17Cl3N2O/c1-3-11(2)23-16-6-4-13(20)9-15(16)22-18(23)10-24-17-7-5-12(19)8-14(17)21/h4-9,11H,3,10H2,1-2H3. The summed E-state index contributed by atoms with van der Waals surface area (Å²) in [6.07, 6.45) is 0.989. The summed E-state index contributed by atoms with van der Waals surface area (Å²) >= 11 is 18.2. The molecule has 0 bridgehead atoms. The van der Waals surface area contributed by atoms with E-state index in [-0.39, 0.29) is 0 Å². The van der Waals surface area contributed by atoms with Crippen LogP contribution in [-0.2, 0) is 6.61 Å². The van der Waals surface area contributed by atoms with Gasteiger partial charge in [-0.2, -0.15) is 0 Å². The normalized spacial score (nSPS) is 12.5. The van der Waals surface area contributed by atoms with Crippen molar-refractivity contribution in [3.63, 3.8) is 0 Å². The highest BCUT2D eigenvalue weighted by Gasteiger charge is 2.16. The molecule has 3 aromatic rings. The van der Waals surface area contributed by atoms with E-state index in [1.807, 2.05) is 18.2 Å². The van der Waals surface area contributed by atoms with E-state index in [2.05, 4.69) is 23.4 Å². The molecule has 0 fully saturated rings. The van der Waals surface area contributed by atoms with Crippen LogP contribution in [0.1, 0.15) is 32.1 Å². The summed E-state index contributed by atoms with van der Waals surface area (Å²) < 4.78 is 8.06. The Morgan fingerprint density at radius 2 is 1.79 bits per heavy atom. The molecule has 126 valence electrons. The highest BCUT2D eigenvalue weighted by molar-refractivity contribution is 6.35. The number of imidazole rings is 1. The van der Waals surface area contributed by atoms with Crippen LogP contribution in [0.25, 0.3) is 11.0 Å². The second-order valence-corrected chi connectivity index (χ2v) is 6.93. The minimum absolute atomic E-state index is 0.301. The summed E-state index contributed by atoms with van der Waals surface area (Å²) in [4.78, 5) is 4.69. The van der Waals surface area contributed by atoms with Gasteiger partial charge in [-0.05, 0) is 49.7 Å². The van der Waals surface area contributed by atoms with Crippen LogP contribution in [0.4, 0.5) is 0 Å². The zero-order valence-corrected chi connectivity index (χ0v) is 15.7. The molecule has 0 aliphatic rings. The summed E-state index contributed by atoms with van der Waals surface area (Å²) in [6, 6.07) is 11.2. The van der Waals surface area contributed by atoms with Gasteiger partial charge in [-0.3, -0.25) is 0 Å². The number of halogens is 3. The Kier molecular flexibility index (Phi) is 5.24. The van der Waals surface area contributed by atoms with E-state index < -0.39 is 0 Å². The van der Waals surface area contributed by atoms with Crippen molar-refractivity contribution in [1.29, 1.82) is 0 Å². The zero-order chi connectivity index (χ0) is 17.3. The molecule has 0 spiro atoms. The molecule has 0 amide bonds. The molecule has 0 saturated carbocycles. The lowest BCUT2D eigenvalue weighted by Crippen LogP contribution is -2.11. The molecule has 1 heterocycles. The van der Waals surface area contributed by atoms with Gasteiger partial charge in [0.1, 0.15) is 18.2 Å². The molecule has 24 heavy (non-hydrogen) atoms. The minimum Gasteiger partial charge on any atom is -0.484 e. The molecule has 1 atom stereocenters. The van der Waals surface area contributed by atoms with Crippen LogP contribution in [0.15, 0.2) is 36.4 Å². The predicted octanol–water partition coefficient (Wildman–Crippen LogP) is 6.55. The van der Waals surface area contributed by atoms with Gasteiger partial charge in [-0.25, -0.2) is 4.98 Å². The summed E-state index contributed by atoms with van der Waals surface area (Å²) in [7, 11) is 0. The fourth-order valence-electron chi connectivity index (χ4n) is 2.63. The third-order valence-corrected chi connectivity index (χ3v) is 4.77. The largest absolute Gasteiger partial charge is 0.484 e. The van der Waals surface area contributed by atoms with Gasteiger partial charge < -0.3 is 9.30 Å². The van der Waals surface area contributed by atoms with Gasteiger partial charge in [0.2, 0.25) is 0 Å². The van der Waals surface area contributed by atoms with E-state index >= 15 is 0 Å². The fraction of sp³-hybridized carbons (Fsp3) is 0.278. The van der Waals surface area contributed by atoms with Crippen molar-refractivity contribution >= 4 is 45.8 Å². The van der Waals surface area contributed by atoms with Gasteiger partial charge in [0.15, 0.2) is 0 Å². The van der Waals surface area contributed by atoms with Crippen LogP contribution < -0.4 is 4.74 Å². The van der Waals surface area contributed by atoms with Gasteiger partial charge in [-0.15, -0.1) is 0 Å². The summed E-state index contributed by atoms with van der Waals surface area (Å²) in [5.41, 5.74) is 1.91. The fourth-order valence-corrected chi connectivity index (χ4v) is 3.26. The minimum atomic E-state index is 0.301. The van der Waals surface area contributed by atoms with Gasteiger partial charge in [0.05, 0.1) is 16.1 Å². The van der Waals surface area contributed by atoms with E-state index in [9.17, 15) is 0 Å². The Hall–Kier alpha value is -1.42. The molecule has 3 nitrogen and oxygen atoms in total. The van der Waals surface area contributed by atoms with Gasteiger partial charge in [0, 0.05) is 16.1 Å². The first-order chi connectivity index (χ1) is 11.5. The second kappa shape index (κ2) is 7.22. The van der Waals surface area contributed by atoms with Crippen LogP contribution in [0.5, 0.6) is 5.75 Å². The average molecular weight is 384 g/mol.